The normalized spacial score (nSPS) is 13.8. The Morgan fingerprint density at radius 1 is 0.700 bits per heavy atom. The summed E-state index contributed by atoms with van der Waals surface area (Å²) in [4.78, 5) is 62.2. The van der Waals surface area contributed by atoms with E-state index in [2.05, 4.69) is 16.0 Å². The Hall–Kier alpha value is -4.29. The Labute approximate surface area is 233 Å². The first kappa shape index (κ1) is 31.9. The number of benzene rings is 2. The minimum atomic E-state index is -1.56. The number of carbonyl (C=O) groups is 5. The van der Waals surface area contributed by atoms with Gasteiger partial charge in [0, 0.05) is 6.42 Å². The second-order valence-electron chi connectivity index (χ2n) is 9.46. The van der Waals surface area contributed by atoms with Gasteiger partial charge >= 0.3 is 5.97 Å². The predicted octanol–water partition coefficient (Wildman–Crippen LogP) is -0.657. The maximum atomic E-state index is 13.4. The summed E-state index contributed by atoms with van der Waals surface area (Å²) in [6, 6.07) is 13.5. The van der Waals surface area contributed by atoms with E-state index in [9.17, 15) is 29.1 Å². The third-order valence-electron chi connectivity index (χ3n) is 6.15. The fourth-order valence-electron chi connectivity index (χ4n) is 4.01. The van der Waals surface area contributed by atoms with E-state index in [-0.39, 0.29) is 19.3 Å². The number of amides is 4. The summed E-state index contributed by atoms with van der Waals surface area (Å²) in [7, 11) is 0. The van der Waals surface area contributed by atoms with E-state index >= 15 is 0 Å². The van der Waals surface area contributed by atoms with Crippen LogP contribution in [-0.4, -0.2) is 65.4 Å². The monoisotopic (exact) mass is 554 g/mol. The molecular weight excluding hydrogens is 516 g/mol. The van der Waals surface area contributed by atoms with Gasteiger partial charge in [0.05, 0.1) is 12.5 Å². The number of nitrogens with one attached hydrogen (secondary N) is 3. The molecule has 0 spiro atoms. The van der Waals surface area contributed by atoms with Crippen LogP contribution in [0.1, 0.15) is 36.8 Å². The summed E-state index contributed by atoms with van der Waals surface area (Å²) in [6.07, 6.45) is 0.926. The molecule has 2 rings (SSSR count). The molecule has 4 atom stereocenters. The van der Waals surface area contributed by atoms with Crippen LogP contribution in [-0.2, 0) is 36.8 Å². The van der Waals surface area contributed by atoms with E-state index in [1.54, 1.807) is 24.3 Å². The Balaban J connectivity index is 2.21. The van der Waals surface area contributed by atoms with Crippen molar-refractivity contribution in [3.8, 4) is 0 Å². The van der Waals surface area contributed by atoms with Crippen molar-refractivity contribution in [2.45, 2.75) is 62.7 Å². The summed E-state index contributed by atoms with van der Waals surface area (Å²) in [5.41, 5.74) is 18.4. The van der Waals surface area contributed by atoms with Crippen molar-refractivity contribution in [3.63, 3.8) is 0 Å². The van der Waals surface area contributed by atoms with Gasteiger partial charge in [0.2, 0.25) is 23.6 Å². The van der Waals surface area contributed by atoms with E-state index in [0.29, 0.717) is 19.4 Å². The number of unbranched alkanes of at least 4 members (excludes halogenated alkanes) is 1. The molecule has 4 amide bonds. The second kappa shape index (κ2) is 16.6. The van der Waals surface area contributed by atoms with E-state index in [1.165, 1.54) is 0 Å². The van der Waals surface area contributed by atoms with Crippen LogP contribution in [0.3, 0.4) is 0 Å². The first-order valence-corrected chi connectivity index (χ1v) is 13.1. The van der Waals surface area contributed by atoms with Crippen LogP contribution < -0.4 is 33.2 Å². The highest BCUT2D eigenvalue weighted by molar-refractivity contribution is 5.95. The van der Waals surface area contributed by atoms with Gasteiger partial charge in [-0.2, -0.15) is 0 Å². The second-order valence-corrected chi connectivity index (χ2v) is 9.46. The number of hydrogen-bond acceptors (Lipinski definition) is 7. The van der Waals surface area contributed by atoms with Crippen LogP contribution >= 0.6 is 0 Å². The number of nitrogens with two attached hydrogens (primary N) is 3. The average Bonchev–Trinajstić information content (AvgIpc) is 2.92. The molecule has 0 radical (unpaired) electrons. The summed E-state index contributed by atoms with van der Waals surface area (Å²) in [5.74, 6) is -4.35. The summed E-state index contributed by atoms with van der Waals surface area (Å²) >= 11 is 0. The Kier molecular flexibility index (Phi) is 13.3. The molecule has 216 valence electrons. The molecule has 0 heterocycles. The lowest BCUT2D eigenvalue weighted by atomic mass is 10.0. The van der Waals surface area contributed by atoms with Crippen molar-refractivity contribution >= 4 is 29.6 Å². The molecule has 12 heteroatoms. The van der Waals surface area contributed by atoms with Gasteiger partial charge in [-0.15, -0.1) is 0 Å². The average molecular weight is 555 g/mol. The number of aliphatic carboxylic acids is 1. The van der Waals surface area contributed by atoms with Crippen molar-refractivity contribution in [2.75, 3.05) is 6.54 Å². The van der Waals surface area contributed by atoms with Gasteiger partial charge in [-0.3, -0.25) is 19.2 Å². The van der Waals surface area contributed by atoms with Gasteiger partial charge in [-0.25, -0.2) is 4.79 Å². The van der Waals surface area contributed by atoms with E-state index < -0.39 is 60.2 Å². The lowest BCUT2D eigenvalue weighted by Crippen LogP contribution is -2.58. The van der Waals surface area contributed by atoms with Crippen LogP contribution in [0, 0.1) is 0 Å². The fraction of sp³-hybridized carbons (Fsp3) is 0.393. The third kappa shape index (κ3) is 11.2. The summed E-state index contributed by atoms with van der Waals surface area (Å²) in [5, 5.41) is 17.0. The van der Waals surface area contributed by atoms with Gasteiger partial charge in [-0.1, -0.05) is 60.7 Å². The van der Waals surface area contributed by atoms with Gasteiger partial charge in [0.15, 0.2) is 0 Å². The lowest BCUT2D eigenvalue weighted by Gasteiger charge is -2.25. The molecule has 12 nitrogen and oxygen atoms in total. The van der Waals surface area contributed by atoms with Crippen molar-refractivity contribution < 1.29 is 29.1 Å². The molecule has 10 N–H and O–H groups in total. The van der Waals surface area contributed by atoms with Crippen molar-refractivity contribution in [2.24, 2.45) is 17.2 Å². The molecule has 0 fully saturated rings. The molecule has 0 aromatic heterocycles. The first-order valence-electron chi connectivity index (χ1n) is 13.1. The van der Waals surface area contributed by atoms with Crippen molar-refractivity contribution in [3.05, 3.63) is 71.8 Å². The molecule has 2 aromatic carbocycles. The Morgan fingerprint density at radius 2 is 1.20 bits per heavy atom. The topological polar surface area (TPSA) is 220 Å². The van der Waals surface area contributed by atoms with Crippen molar-refractivity contribution in [1.29, 1.82) is 0 Å². The van der Waals surface area contributed by atoms with Crippen LogP contribution in [0.5, 0.6) is 0 Å². The highest BCUT2D eigenvalue weighted by Gasteiger charge is 2.31. The molecule has 4 unspecified atom stereocenters. The van der Waals surface area contributed by atoms with Gasteiger partial charge in [0.25, 0.3) is 0 Å². The zero-order chi connectivity index (χ0) is 29.5. The highest BCUT2D eigenvalue weighted by atomic mass is 16.4. The minimum absolute atomic E-state index is 0.118. The van der Waals surface area contributed by atoms with Crippen LogP contribution in [0.2, 0.25) is 0 Å². The molecule has 0 bridgehead atoms. The van der Waals surface area contributed by atoms with E-state index in [1.807, 2.05) is 36.4 Å². The molecular formula is C28H38N6O6. The highest BCUT2D eigenvalue weighted by Crippen LogP contribution is 2.08. The van der Waals surface area contributed by atoms with Gasteiger partial charge < -0.3 is 38.3 Å². The summed E-state index contributed by atoms with van der Waals surface area (Å²) in [6.45, 7) is 0.355. The van der Waals surface area contributed by atoms with Crippen molar-refractivity contribution in [1.82, 2.24) is 16.0 Å². The van der Waals surface area contributed by atoms with E-state index in [4.69, 9.17) is 17.2 Å². The Morgan fingerprint density at radius 3 is 1.73 bits per heavy atom. The Bertz CT molecular complexity index is 1130. The smallest absolute Gasteiger partial charge is 0.326 e. The van der Waals surface area contributed by atoms with Crippen LogP contribution in [0.15, 0.2) is 60.7 Å². The third-order valence-corrected chi connectivity index (χ3v) is 6.15. The van der Waals surface area contributed by atoms with Gasteiger partial charge in [-0.05, 0) is 43.4 Å². The molecule has 0 aliphatic heterocycles. The number of primary amides is 1. The summed E-state index contributed by atoms with van der Waals surface area (Å²) < 4.78 is 0. The van der Waals surface area contributed by atoms with E-state index in [0.717, 1.165) is 11.1 Å². The van der Waals surface area contributed by atoms with Gasteiger partial charge in [0.1, 0.15) is 18.1 Å². The zero-order valence-corrected chi connectivity index (χ0v) is 22.3. The minimum Gasteiger partial charge on any atom is -0.480 e. The molecule has 0 saturated carbocycles. The number of carbonyl (C=O) groups excluding carboxylic acids is 4. The fourth-order valence-corrected chi connectivity index (χ4v) is 4.01. The quantitative estimate of drug-likeness (QED) is 0.124. The van der Waals surface area contributed by atoms with Crippen LogP contribution in [0.4, 0.5) is 0 Å². The van der Waals surface area contributed by atoms with Crippen LogP contribution in [0.25, 0.3) is 0 Å². The molecule has 2 aromatic rings. The maximum Gasteiger partial charge on any atom is 0.326 e. The SMILES string of the molecule is NCCCCC(NC(=O)C(Cc1ccccc1)NC(=O)C(N)Cc1ccccc1)C(=O)NC(CC(N)=O)C(=O)O. The molecule has 0 aliphatic carbocycles. The zero-order valence-electron chi connectivity index (χ0n) is 22.3. The molecule has 0 saturated heterocycles. The lowest BCUT2D eigenvalue weighted by molar-refractivity contribution is -0.143. The largest absolute Gasteiger partial charge is 0.480 e. The number of carboxylic acids is 1. The first-order chi connectivity index (χ1) is 19.1. The number of hydrogen-bond donors (Lipinski definition) is 7. The predicted molar refractivity (Wildman–Crippen MR) is 148 cm³/mol. The maximum absolute atomic E-state index is 13.4. The molecule has 40 heavy (non-hydrogen) atoms. The number of rotatable bonds is 17. The number of carboxylic acid groups (broad SMARTS) is 1. The molecule has 0 aliphatic rings. The standard InChI is InChI=1S/C28H38N6O6/c29-14-8-7-13-21(26(37)34-23(28(39)40)17-24(31)35)32-27(38)22(16-19-11-5-2-6-12-19)33-25(36)20(30)15-18-9-3-1-4-10-18/h1-6,9-12,20-23H,7-8,13-17,29-30H2,(H2,31,35)(H,32,38)(H,33,36)(H,34,37)(H,39,40).